The largest absolute Gasteiger partial charge is 0.416 e. The van der Waals surface area contributed by atoms with Crippen LogP contribution in [0.4, 0.5) is 43.7 Å². The van der Waals surface area contributed by atoms with Crippen molar-refractivity contribution in [2.75, 3.05) is 15.5 Å². The van der Waals surface area contributed by atoms with E-state index >= 15 is 0 Å². The number of alkyl halides is 6. The summed E-state index contributed by atoms with van der Waals surface area (Å²) < 4.78 is 81.0. The van der Waals surface area contributed by atoms with Gasteiger partial charge in [-0.3, -0.25) is 10.1 Å². The molecule has 14 heteroatoms. The lowest BCUT2D eigenvalue weighted by Crippen LogP contribution is -2.26. The average Bonchev–Trinajstić information content (AvgIpc) is 3.53. The third-order valence-corrected chi connectivity index (χ3v) is 7.17. The maximum absolute atomic E-state index is 13.5. The second-order valence-corrected chi connectivity index (χ2v) is 10.4. The summed E-state index contributed by atoms with van der Waals surface area (Å²) in [5.41, 5.74) is 0.488. The maximum Gasteiger partial charge on any atom is 0.416 e. The second-order valence-electron chi connectivity index (χ2n) is 10.4. The normalized spacial score (nSPS) is 13.6. The Kier molecular flexibility index (Phi) is 8.93. The number of nitrogens with zero attached hydrogens (tertiary/aromatic N) is 4. The highest BCUT2D eigenvalue weighted by atomic mass is 19.4. The second kappa shape index (κ2) is 12.8. The quantitative estimate of drug-likeness (QED) is 0.163. The maximum atomic E-state index is 13.5. The number of hydrogen-bond donors (Lipinski definition) is 3. The molecule has 0 unspecified atom stereocenters. The molecule has 4 aromatic rings. The molecule has 1 aliphatic carbocycles. The van der Waals surface area contributed by atoms with Gasteiger partial charge in [0.05, 0.1) is 11.1 Å². The standard InChI is InChI=1S/C31H27F6N7O/c1-19(38-26-16-24(30(32,33)34)15-25(17-26)31(35,36)37)44(27-13-11-22(12-14-27)21-5-3-2-4-6-21)18-20-7-9-23(10-8-20)28(45)39-29-40-42-43-41-29/h5,7-17,38H,1-4,6,18H2,(H2,39,40,41,42,43,45). The van der Waals surface area contributed by atoms with Gasteiger partial charge in [0.15, 0.2) is 0 Å². The molecule has 5 rings (SSSR count). The van der Waals surface area contributed by atoms with Gasteiger partial charge in [0.25, 0.3) is 11.9 Å². The first-order chi connectivity index (χ1) is 21.4. The third-order valence-electron chi connectivity index (χ3n) is 7.17. The Morgan fingerprint density at radius 2 is 1.56 bits per heavy atom. The fraction of sp³-hybridized carbons (Fsp3) is 0.226. The number of H-pyrrole nitrogens is 1. The number of rotatable bonds is 9. The molecule has 0 aliphatic heterocycles. The smallest absolute Gasteiger partial charge is 0.342 e. The number of nitrogens with one attached hydrogen (secondary N) is 3. The van der Waals surface area contributed by atoms with E-state index in [0.717, 1.165) is 31.2 Å². The summed E-state index contributed by atoms with van der Waals surface area (Å²) in [5, 5.41) is 18.1. The highest BCUT2D eigenvalue weighted by Crippen LogP contribution is 2.38. The summed E-state index contributed by atoms with van der Waals surface area (Å²) in [6, 6.07) is 15.2. The molecule has 0 atom stereocenters. The molecule has 0 fully saturated rings. The van der Waals surface area contributed by atoms with Crippen LogP contribution in [-0.2, 0) is 18.9 Å². The van der Waals surface area contributed by atoms with Gasteiger partial charge in [-0.15, -0.1) is 5.10 Å². The number of hydrogen-bond acceptors (Lipinski definition) is 6. The summed E-state index contributed by atoms with van der Waals surface area (Å²) >= 11 is 0. The van der Waals surface area contributed by atoms with E-state index in [1.165, 1.54) is 5.57 Å². The molecule has 1 aliphatic rings. The molecule has 0 saturated carbocycles. The molecule has 3 N–H and O–H groups in total. The molecule has 0 bridgehead atoms. The van der Waals surface area contributed by atoms with Crippen LogP contribution in [0.5, 0.6) is 0 Å². The number of aromatic nitrogens is 4. The highest BCUT2D eigenvalue weighted by molar-refractivity contribution is 6.03. The Hall–Kier alpha value is -5.14. The van der Waals surface area contributed by atoms with Gasteiger partial charge in [0, 0.05) is 23.5 Å². The van der Waals surface area contributed by atoms with Crippen molar-refractivity contribution >= 4 is 28.8 Å². The minimum absolute atomic E-state index is 0.00617. The molecular formula is C31H27F6N7O. The van der Waals surface area contributed by atoms with Crippen molar-refractivity contribution < 1.29 is 31.1 Å². The Bertz CT molecular complexity index is 1650. The van der Waals surface area contributed by atoms with Gasteiger partial charge in [0.2, 0.25) is 0 Å². The fourth-order valence-electron chi connectivity index (χ4n) is 4.89. The lowest BCUT2D eigenvalue weighted by atomic mass is 9.93. The van der Waals surface area contributed by atoms with E-state index in [2.05, 4.69) is 43.9 Å². The zero-order valence-electron chi connectivity index (χ0n) is 23.6. The van der Waals surface area contributed by atoms with Crippen LogP contribution < -0.4 is 15.5 Å². The van der Waals surface area contributed by atoms with Crippen LogP contribution in [0.15, 0.2) is 85.2 Å². The third kappa shape index (κ3) is 7.88. The van der Waals surface area contributed by atoms with Crippen LogP contribution in [0.25, 0.3) is 5.57 Å². The van der Waals surface area contributed by atoms with Gasteiger partial charge in [-0.25, -0.2) is 0 Å². The molecule has 0 spiro atoms. The molecule has 8 nitrogen and oxygen atoms in total. The first kappa shape index (κ1) is 31.3. The number of allylic oxidation sites excluding steroid dienone is 2. The lowest BCUT2D eigenvalue weighted by molar-refractivity contribution is -0.143. The Labute approximate surface area is 253 Å². The van der Waals surface area contributed by atoms with Crippen LogP contribution in [0.3, 0.4) is 0 Å². The molecule has 45 heavy (non-hydrogen) atoms. The van der Waals surface area contributed by atoms with Crippen molar-refractivity contribution in [3.8, 4) is 0 Å². The summed E-state index contributed by atoms with van der Waals surface area (Å²) in [7, 11) is 0. The topological polar surface area (TPSA) is 98.8 Å². The Morgan fingerprint density at radius 3 is 2.11 bits per heavy atom. The predicted octanol–water partition coefficient (Wildman–Crippen LogP) is 8.04. The van der Waals surface area contributed by atoms with E-state index in [1.807, 2.05) is 24.3 Å². The molecule has 1 amide bonds. The minimum atomic E-state index is -5.00. The number of benzene rings is 3. The van der Waals surface area contributed by atoms with Crippen molar-refractivity contribution in [1.82, 2.24) is 20.6 Å². The molecule has 1 heterocycles. The number of amides is 1. The van der Waals surface area contributed by atoms with E-state index in [1.54, 1.807) is 29.2 Å². The number of aromatic amines is 1. The van der Waals surface area contributed by atoms with Crippen LogP contribution in [-0.4, -0.2) is 26.5 Å². The van der Waals surface area contributed by atoms with Gasteiger partial charge in [-0.1, -0.05) is 42.0 Å². The molecular weight excluding hydrogens is 600 g/mol. The number of halogens is 6. The van der Waals surface area contributed by atoms with Crippen molar-refractivity contribution in [2.24, 2.45) is 0 Å². The summed E-state index contributed by atoms with van der Waals surface area (Å²) in [6.45, 7) is 4.08. The number of carbonyl (C=O) groups excluding carboxylic acids is 1. The lowest BCUT2D eigenvalue weighted by Gasteiger charge is -2.29. The van der Waals surface area contributed by atoms with Crippen molar-refractivity contribution in [3.05, 3.63) is 113 Å². The van der Waals surface area contributed by atoms with E-state index in [4.69, 9.17) is 0 Å². The summed E-state index contributed by atoms with van der Waals surface area (Å²) in [5.74, 6) is -0.456. The minimum Gasteiger partial charge on any atom is -0.342 e. The zero-order chi connectivity index (χ0) is 32.2. The van der Waals surface area contributed by atoms with E-state index < -0.39 is 35.1 Å². The van der Waals surface area contributed by atoms with Gasteiger partial charge >= 0.3 is 12.4 Å². The first-order valence-corrected chi connectivity index (χ1v) is 13.8. The Balaban J connectivity index is 1.43. The highest BCUT2D eigenvalue weighted by Gasteiger charge is 2.37. The number of anilines is 3. The summed E-state index contributed by atoms with van der Waals surface area (Å²) in [6.07, 6.45) is -3.66. The van der Waals surface area contributed by atoms with Crippen molar-refractivity contribution in [3.63, 3.8) is 0 Å². The SMILES string of the molecule is C=C(Nc1cc(C(F)(F)F)cc(C(F)(F)F)c1)N(Cc1ccc(C(=O)Nc2nn[nH]n2)cc1)c1ccc(C2=CCCCC2)cc1. The van der Waals surface area contributed by atoms with Crippen molar-refractivity contribution in [1.29, 1.82) is 0 Å². The molecule has 0 saturated heterocycles. The molecule has 0 radical (unpaired) electrons. The first-order valence-electron chi connectivity index (χ1n) is 13.8. The molecule has 3 aromatic carbocycles. The molecule has 1 aromatic heterocycles. The number of tetrazole rings is 1. The zero-order valence-corrected chi connectivity index (χ0v) is 23.6. The van der Waals surface area contributed by atoms with Gasteiger partial charge in [-0.2, -0.15) is 31.6 Å². The molecule has 234 valence electrons. The number of carbonyl (C=O) groups is 1. The van der Waals surface area contributed by atoms with Crippen molar-refractivity contribution in [2.45, 2.75) is 44.6 Å². The predicted molar refractivity (Wildman–Crippen MR) is 157 cm³/mol. The van der Waals surface area contributed by atoms with E-state index in [9.17, 15) is 31.1 Å². The average molecular weight is 628 g/mol. The van der Waals surface area contributed by atoms with Crippen LogP contribution in [0.1, 0.15) is 58.3 Å². The van der Waals surface area contributed by atoms with E-state index in [0.29, 0.717) is 28.9 Å². The van der Waals surface area contributed by atoms with Crippen LogP contribution >= 0.6 is 0 Å². The van der Waals surface area contributed by atoms with Crippen LogP contribution in [0.2, 0.25) is 0 Å². The van der Waals surface area contributed by atoms with Crippen LogP contribution in [0, 0.1) is 0 Å². The fourth-order valence-corrected chi connectivity index (χ4v) is 4.89. The monoisotopic (exact) mass is 627 g/mol. The summed E-state index contributed by atoms with van der Waals surface area (Å²) in [4.78, 5) is 14.1. The van der Waals surface area contributed by atoms with Gasteiger partial charge in [-0.05, 0) is 90.1 Å². The van der Waals surface area contributed by atoms with Gasteiger partial charge in [0.1, 0.15) is 5.82 Å². The van der Waals surface area contributed by atoms with E-state index in [-0.39, 0.29) is 24.4 Å². The Morgan fingerprint density at radius 1 is 0.889 bits per heavy atom. The van der Waals surface area contributed by atoms with Gasteiger partial charge < -0.3 is 10.2 Å².